The van der Waals surface area contributed by atoms with Crippen molar-refractivity contribution in [3.05, 3.63) is 54.1 Å². The molecule has 1 aliphatic rings. The first kappa shape index (κ1) is 27.0. The van der Waals surface area contributed by atoms with Crippen molar-refractivity contribution in [1.82, 2.24) is 10.6 Å². The summed E-state index contributed by atoms with van der Waals surface area (Å²) < 4.78 is 77.2. The number of nitrogens with zero attached hydrogens (tertiary/aromatic N) is 1. The Balaban J connectivity index is 1.96. The quantitative estimate of drug-likeness (QED) is 0.405. The molecule has 0 radical (unpaired) electrons. The number of hydrogen-bond donors (Lipinski definition) is 3. The number of benzene rings is 2. The Morgan fingerprint density at radius 2 is 1.50 bits per heavy atom. The predicted molar refractivity (Wildman–Crippen MR) is 115 cm³/mol. The average molecular weight is 517 g/mol. The number of carbonyl (C=O) groups is 3. The van der Waals surface area contributed by atoms with Gasteiger partial charge in [-0.15, -0.1) is 0 Å². The summed E-state index contributed by atoms with van der Waals surface area (Å²) in [6.07, 6.45) is -10.8. The van der Waals surface area contributed by atoms with Gasteiger partial charge in [0, 0.05) is 12.1 Å². The molecule has 7 nitrogen and oxygen atoms in total. The lowest BCUT2D eigenvalue weighted by atomic mass is 9.94. The molecule has 0 bridgehead atoms. The number of carbonyl (C=O) groups excluding carboxylic acids is 3. The maximum atomic E-state index is 13.4. The third kappa shape index (κ3) is 5.96. The number of aliphatic hydroxyl groups is 1. The number of amides is 3. The SMILES string of the molecule is CC(O)(C(=O)NCCC(F)(F)F)C(=O)N[C@@H]1C(=O)N(CC(F)(F)F)c2ccccc2-c2ccccc21. The van der Waals surface area contributed by atoms with Gasteiger partial charge in [0.1, 0.15) is 12.6 Å². The third-order valence-electron chi connectivity index (χ3n) is 5.46. The number of rotatable bonds is 6. The van der Waals surface area contributed by atoms with E-state index in [0.717, 1.165) is 0 Å². The lowest BCUT2D eigenvalue weighted by Crippen LogP contribution is -2.57. The van der Waals surface area contributed by atoms with E-state index in [1.54, 1.807) is 17.4 Å². The van der Waals surface area contributed by atoms with E-state index in [1.807, 2.05) is 0 Å². The van der Waals surface area contributed by atoms with Crippen LogP contribution in [-0.2, 0) is 14.4 Å². The zero-order valence-electron chi connectivity index (χ0n) is 18.7. The monoisotopic (exact) mass is 517 g/mol. The summed E-state index contributed by atoms with van der Waals surface area (Å²) in [4.78, 5) is 38.9. The van der Waals surface area contributed by atoms with E-state index in [-0.39, 0.29) is 16.8 Å². The van der Waals surface area contributed by atoms with Crippen molar-refractivity contribution in [2.45, 2.75) is 37.3 Å². The highest BCUT2D eigenvalue weighted by molar-refractivity contribution is 6.11. The van der Waals surface area contributed by atoms with Gasteiger partial charge in [-0.1, -0.05) is 42.5 Å². The Kier molecular flexibility index (Phi) is 7.35. The minimum Gasteiger partial charge on any atom is -0.372 e. The van der Waals surface area contributed by atoms with Crippen molar-refractivity contribution in [3.8, 4) is 11.1 Å². The second-order valence-electron chi connectivity index (χ2n) is 8.24. The molecule has 36 heavy (non-hydrogen) atoms. The fraction of sp³-hybridized carbons (Fsp3) is 0.348. The van der Waals surface area contributed by atoms with Gasteiger partial charge in [-0.05, 0) is 24.1 Å². The van der Waals surface area contributed by atoms with Crippen LogP contribution in [0.25, 0.3) is 11.1 Å². The molecular weight excluding hydrogens is 496 g/mol. The summed E-state index contributed by atoms with van der Waals surface area (Å²) in [5.74, 6) is -4.15. The average Bonchev–Trinajstić information content (AvgIpc) is 2.87. The molecule has 13 heteroatoms. The van der Waals surface area contributed by atoms with E-state index in [0.29, 0.717) is 17.4 Å². The highest BCUT2D eigenvalue weighted by atomic mass is 19.4. The van der Waals surface area contributed by atoms with Gasteiger partial charge >= 0.3 is 12.4 Å². The van der Waals surface area contributed by atoms with Crippen LogP contribution in [0.15, 0.2) is 48.5 Å². The number of halogens is 6. The number of alkyl halides is 6. The summed E-state index contributed by atoms with van der Waals surface area (Å²) in [5.41, 5.74) is -2.30. The number of anilines is 1. The van der Waals surface area contributed by atoms with Crippen LogP contribution in [0.2, 0.25) is 0 Å². The zero-order valence-corrected chi connectivity index (χ0v) is 18.7. The number of fused-ring (bicyclic) bond motifs is 3. The van der Waals surface area contributed by atoms with Crippen LogP contribution in [0.1, 0.15) is 24.9 Å². The van der Waals surface area contributed by atoms with Gasteiger partial charge in [0.15, 0.2) is 0 Å². The fourth-order valence-electron chi connectivity index (χ4n) is 3.68. The molecule has 3 N–H and O–H groups in total. The van der Waals surface area contributed by atoms with Gasteiger partial charge in [-0.2, -0.15) is 26.3 Å². The maximum absolute atomic E-state index is 13.4. The van der Waals surface area contributed by atoms with Crippen LogP contribution in [0, 0.1) is 0 Å². The number of para-hydroxylation sites is 1. The van der Waals surface area contributed by atoms with E-state index in [4.69, 9.17) is 0 Å². The van der Waals surface area contributed by atoms with E-state index in [1.165, 1.54) is 36.4 Å². The first-order chi connectivity index (χ1) is 16.6. The van der Waals surface area contributed by atoms with Crippen LogP contribution < -0.4 is 15.5 Å². The molecule has 0 spiro atoms. The van der Waals surface area contributed by atoms with Gasteiger partial charge in [0.2, 0.25) is 5.60 Å². The summed E-state index contributed by atoms with van der Waals surface area (Å²) in [5, 5.41) is 14.3. The molecule has 1 heterocycles. The Hall–Kier alpha value is -3.61. The Labute approximate surface area is 201 Å². The zero-order chi connectivity index (χ0) is 26.9. The standard InChI is InChI=1S/C23H21F6N3O4/c1-21(36,19(34)30-11-10-22(24,25)26)20(35)31-17-15-8-3-2-6-13(15)14-7-4-5-9-16(14)32(18(17)33)12-23(27,28)29/h2-9,17,36H,10-12H2,1H3,(H,30,34)(H,31,35)/t17-,21?/m0/s1. The maximum Gasteiger partial charge on any atom is 0.406 e. The molecule has 0 aliphatic carbocycles. The lowest BCUT2D eigenvalue weighted by molar-refractivity contribution is -0.154. The van der Waals surface area contributed by atoms with E-state index in [2.05, 4.69) is 5.32 Å². The minimum absolute atomic E-state index is 0.0688. The fourth-order valence-corrected chi connectivity index (χ4v) is 3.68. The predicted octanol–water partition coefficient (Wildman–Crippen LogP) is 3.24. The van der Waals surface area contributed by atoms with Gasteiger partial charge in [-0.3, -0.25) is 14.4 Å². The van der Waals surface area contributed by atoms with Crippen LogP contribution in [0.4, 0.5) is 32.0 Å². The molecule has 0 saturated heterocycles. The van der Waals surface area contributed by atoms with Crippen molar-refractivity contribution < 1.29 is 45.8 Å². The van der Waals surface area contributed by atoms with Gasteiger partial charge in [0.05, 0.1) is 12.1 Å². The van der Waals surface area contributed by atoms with Crippen LogP contribution >= 0.6 is 0 Å². The molecule has 3 amide bonds. The summed E-state index contributed by atoms with van der Waals surface area (Å²) in [7, 11) is 0. The van der Waals surface area contributed by atoms with Crippen molar-refractivity contribution in [3.63, 3.8) is 0 Å². The normalized spacial score (nSPS) is 17.4. The van der Waals surface area contributed by atoms with Crippen molar-refractivity contribution in [1.29, 1.82) is 0 Å². The van der Waals surface area contributed by atoms with Crippen LogP contribution in [0.5, 0.6) is 0 Å². The molecule has 0 aromatic heterocycles. The Morgan fingerprint density at radius 1 is 0.917 bits per heavy atom. The van der Waals surface area contributed by atoms with E-state index < -0.39 is 61.2 Å². The first-order valence-corrected chi connectivity index (χ1v) is 10.6. The van der Waals surface area contributed by atoms with Crippen molar-refractivity contribution in [2.24, 2.45) is 0 Å². The number of hydrogen-bond acceptors (Lipinski definition) is 4. The molecule has 2 atom stereocenters. The highest BCUT2D eigenvalue weighted by Crippen LogP contribution is 2.41. The topological polar surface area (TPSA) is 98.7 Å². The first-order valence-electron chi connectivity index (χ1n) is 10.6. The van der Waals surface area contributed by atoms with Crippen molar-refractivity contribution in [2.75, 3.05) is 18.0 Å². The van der Waals surface area contributed by atoms with Crippen LogP contribution in [0.3, 0.4) is 0 Å². The molecule has 1 aliphatic heterocycles. The molecule has 0 saturated carbocycles. The molecule has 3 rings (SSSR count). The molecule has 194 valence electrons. The second kappa shape index (κ2) is 9.80. The smallest absolute Gasteiger partial charge is 0.372 e. The van der Waals surface area contributed by atoms with Gasteiger partial charge < -0.3 is 20.6 Å². The van der Waals surface area contributed by atoms with Gasteiger partial charge in [-0.25, -0.2) is 0 Å². The molecular formula is C23H21F6N3O4. The largest absolute Gasteiger partial charge is 0.406 e. The highest BCUT2D eigenvalue weighted by Gasteiger charge is 2.45. The molecule has 0 fully saturated rings. The third-order valence-corrected chi connectivity index (χ3v) is 5.46. The van der Waals surface area contributed by atoms with Gasteiger partial charge in [0.25, 0.3) is 17.7 Å². The van der Waals surface area contributed by atoms with E-state index in [9.17, 15) is 45.8 Å². The summed E-state index contributed by atoms with van der Waals surface area (Å²) in [6.45, 7) is -1.91. The number of nitrogens with one attached hydrogen (secondary N) is 2. The molecule has 2 aromatic rings. The lowest BCUT2D eigenvalue weighted by Gasteiger charge is -2.29. The second-order valence-corrected chi connectivity index (χ2v) is 8.24. The summed E-state index contributed by atoms with van der Waals surface area (Å²) >= 11 is 0. The molecule has 2 aromatic carbocycles. The van der Waals surface area contributed by atoms with E-state index >= 15 is 0 Å². The minimum atomic E-state index is -4.81. The van der Waals surface area contributed by atoms with Crippen LogP contribution in [-0.4, -0.2) is 53.9 Å². The Morgan fingerprint density at radius 3 is 2.11 bits per heavy atom. The van der Waals surface area contributed by atoms with Crippen molar-refractivity contribution >= 4 is 23.4 Å². The Bertz CT molecular complexity index is 1160. The summed E-state index contributed by atoms with van der Waals surface area (Å²) in [6, 6.07) is 10.0. The molecule has 1 unspecified atom stereocenters.